The maximum atomic E-state index is 10.1. The topological polar surface area (TPSA) is 65.3 Å². The molecular weight excluding hydrogens is 240 g/mol. The van der Waals surface area contributed by atoms with Crippen molar-refractivity contribution in [2.45, 2.75) is 45.4 Å². The van der Waals surface area contributed by atoms with E-state index in [0.29, 0.717) is 12.3 Å². The second kappa shape index (κ2) is 6.05. The Kier molecular flexibility index (Phi) is 4.93. The van der Waals surface area contributed by atoms with Crippen molar-refractivity contribution in [3.8, 4) is 11.8 Å². The number of nitrogens with one attached hydrogen (secondary N) is 1. The first-order valence-corrected chi connectivity index (χ1v) is 6.32. The van der Waals surface area contributed by atoms with E-state index in [1.165, 1.54) is 0 Å². The van der Waals surface area contributed by atoms with E-state index in [1.54, 1.807) is 13.8 Å². The average molecular weight is 262 g/mol. The lowest BCUT2D eigenvalue weighted by Crippen LogP contribution is -2.55. The summed E-state index contributed by atoms with van der Waals surface area (Å²) < 4.78 is 5.19. The Hall–Kier alpha value is -1.57. The third-order valence-corrected chi connectivity index (χ3v) is 3.49. The van der Waals surface area contributed by atoms with Crippen LogP contribution in [0.25, 0.3) is 0 Å². The molecule has 0 spiro atoms. The molecule has 0 saturated heterocycles. The lowest BCUT2D eigenvalue weighted by atomic mass is 9.86. The van der Waals surface area contributed by atoms with E-state index in [9.17, 15) is 5.11 Å². The van der Waals surface area contributed by atoms with Gasteiger partial charge in [0.2, 0.25) is 0 Å². The van der Waals surface area contributed by atoms with Crippen LogP contribution in [-0.2, 0) is 6.54 Å². The number of nitriles is 1. The highest BCUT2D eigenvalue weighted by molar-refractivity contribution is 5.27. The minimum absolute atomic E-state index is 0.0589. The third kappa shape index (κ3) is 4.55. The second-order valence-electron chi connectivity index (χ2n) is 5.63. The predicted molar refractivity (Wildman–Crippen MR) is 74.8 cm³/mol. The summed E-state index contributed by atoms with van der Waals surface area (Å²) in [6.07, 6.45) is 0. The maximum absolute atomic E-state index is 10.1. The zero-order valence-corrected chi connectivity index (χ0v) is 12.0. The van der Waals surface area contributed by atoms with Gasteiger partial charge in [0.1, 0.15) is 11.8 Å². The SMILES string of the molecule is CC(C)(O)C(C)(C)NCc1ccc(OCC#N)cc1. The molecule has 104 valence electrons. The fourth-order valence-corrected chi connectivity index (χ4v) is 1.36. The highest BCUT2D eigenvalue weighted by Crippen LogP contribution is 2.21. The van der Waals surface area contributed by atoms with Gasteiger partial charge in [-0.15, -0.1) is 0 Å². The van der Waals surface area contributed by atoms with Crippen LogP contribution in [0.15, 0.2) is 24.3 Å². The van der Waals surface area contributed by atoms with Gasteiger partial charge in [-0.2, -0.15) is 5.26 Å². The van der Waals surface area contributed by atoms with Crippen molar-refractivity contribution >= 4 is 0 Å². The van der Waals surface area contributed by atoms with Gasteiger partial charge in [0.05, 0.1) is 5.60 Å². The Balaban J connectivity index is 2.57. The Morgan fingerprint density at radius 2 is 1.79 bits per heavy atom. The molecule has 0 aliphatic carbocycles. The van der Waals surface area contributed by atoms with Crippen LogP contribution in [0.1, 0.15) is 33.3 Å². The van der Waals surface area contributed by atoms with Crippen molar-refractivity contribution in [1.29, 1.82) is 5.26 Å². The van der Waals surface area contributed by atoms with Crippen LogP contribution in [0.5, 0.6) is 5.75 Å². The zero-order chi connectivity index (χ0) is 14.5. The highest BCUT2D eigenvalue weighted by atomic mass is 16.5. The molecule has 0 radical (unpaired) electrons. The van der Waals surface area contributed by atoms with Crippen LogP contribution < -0.4 is 10.1 Å². The molecule has 0 amide bonds. The van der Waals surface area contributed by atoms with Crippen molar-refractivity contribution in [2.24, 2.45) is 0 Å². The maximum Gasteiger partial charge on any atom is 0.174 e. The largest absolute Gasteiger partial charge is 0.479 e. The quantitative estimate of drug-likeness (QED) is 0.825. The summed E-state index contributed by atoms with van der Waals surface area (Å²) in [5, 5.41) is 21.8. The number of benzene rings is 1. The van der Waals surface area contributed by atoms with Crippen LogP contribution in [0.2, 0.25) is 0 Å². The van der Waals surface area contributed by atoms with E-state index in [2.05, 4.69) is 5.32 Å². The molecule has 0 bridgehead atoms. The average Bonchev–Trinajstić information content (AvgIpc) is 2.34. The molecule has 1 aromatic carbocycles. The number of nitrogens with zero attached hydrogens (tertiary/aromatic N) is 1. The molecule has 4 heteroatoms. The summed E-state index contributed by atoms with van der Waals surface area (Å²) >= 11 is 0. The molecule has 4 nitrogen and oxygen atoms in total. The van der Waals surface area contributed by atoms with Gasteiger partial charge in [-0.1, -0.05) is 12.1 Å². The monoisotopic (exact) mass is 262 g/mol. The molecule has 2 N–H and O–H groups in total. The highest BCUT2D eigenvalue weighted by Gasteiger charge is 2.34. The molecule has 1 rings (SSSR count). The van der Waals surface area contributed by atoms with Gasteiger partial charge >= 0.3 is 0 Å². The fourth-order valence-electron chi connectivity index (χ4n) is 1.36. The van der Waals surface area contributed by atoms with Gasteiger partial charge in [-0.25, -0.2) is 0 Å². The third-order valence-electron chi connectivity index (χ3n) is 3.49. The van der Waals surface area contributed by atoms with Crippen LogP contribution in [0.3, 0.4) is 0 Å². The molecule has 0 saturated carbocycles. The Morgan fingerprint density at radius 1 is 1.21 bits per heavy atom. The summed E-state index contributed by atoms with van der Waals surface area (Å²) in [5.41, 5.74) is -0.0899. The van der Waals surface area contributed by atoms with Crippen molar-refractivity contribution in [2.75, 3.05) is 6.61 Å². The van der Waals surface area contributed by atoms with E-state index in [1.807, 2.05) is 44.2 Å². The number of ether oxygens (including phenoxy) is 1. The number of aliphatic hydroxyl groups is 1. The van der Waals surface area contributed by atoms with E-state index < -0.39 is 5.60 Å². The summed E-state index contributed by atoms with van der Waals surface area (Å²) in [7, 11) is 0. The zero-order valence-electron chi connectivity index (χ0n) is 12.0. The normalized spacial score (nSPS) is 12.0. The number of hydrogen-bond donors (Lipinski definition) is 2. The first-order chi connectivity index (χ1) is 8.76. The molecule has 0 heterocycles. The van der Waals surface area contributed by atoms with Crippen molar-refractivity contribution in [1.82, 2.24) is 5.32 Å². The number of rotatable bonds is 6. The molecule has 19 heavy (non-hydrogen) atoms. The van der Waals surface area contributed by atoms with E-state index in [0.717, 1.165) is 5.56 Å². The second-order valence-corrected chi connectivity index (χ2v) is 5.63. The van der Waals surface area contributed by atoms with Gasteiger partial charge in [-0.05, 0) is 45.4 Å². The first kappa shape index (κ1) is 15.5. The predicted octanol–water partition coefficient (Wildman–Crippen LogP) is 2.23. The lowest BCUT2D eigenvalue weighted by molar-refractivity contribution is -0.00532. The van der Waals surface area contributed by atoms with E-state index >= 15 is 0 Å². The van der Waals surface area contributed by atoms with E-state index in [-0.39, 0.29) is 12.1 Å². The standard InChI is InChI=1S/C15H22N2O2/c1-14(2,15(3,4)18)17-11-12-5-7-13(8-6-12)19-10-9-16/h5-8,17-18H,10-11H2,1-4H3. The molecule has 0 aliphatic rings. The minimum Gasteiger partial charge on any atom is -0.479 e. The summed E-state index contributed by atoms with van der Waals surface area (Å²) in [5.74, 6) is 0.687. The number of hydrogen-bond acceptors (Lipinski definition) is 4. The smallest absolute Gasteiger partial charge is 0.174 e. The Bertz CT molecular complexity index is 439. The van der Waals surface area contributed by atoms with Gasteiger partial charge in [0.25, 0.3) is 0 Å². The molecule has 0 fully saturated rings. The van der Waals surface area contributed by atoms with Gasteiger partial charge in [0, 0.05) is 12.1 Å². The van der Waals surface area contributed by atoms with Crippen LogP contribution in [0, 0.1) is 11.3 Å². The van der Waals surface area contributed by atoms with Crippen LogP contribution in [-0.4, -0.2) is 22.9 Å². The molecule has 0 aromatic heterocycles. The first-order valence-electron chi connectivity index (χ1n) is 6.32. The van der Waals surface area contributed by atoms with Crippen LogP contribution in [0.4, 0.5) is 0 Å². The molecule has 1 aromatic rings. The molecular formula is C15H22N2O2. The van der Waals surface area contributed by atoms with Gasteiger partial charge in [-0.3, -0.25) is 0 Å². The molecule has 0 atom stereocenters. The van der Waals surface area contributed by atoms with Crippen LogP contribution >= 0.6 is 0 Å². The Labute approximate surface area is 115 Å². The van der Waals surface area contributed by atoms with Crippen molar-refractivity contribution < 1.29 is 9.84 Å². The van der Waals surface area contributed by atoms with Gasteiger partial charge in [0.15, 0.2) is 6.61 Å². The summed E-state index contributed by atoms with van der Waals surface area (Å²) in [4.78, 5) is 0. The van der Waals surface area contributed by atoms with Gasteiger partial charge < -0.3 is 15.2 Å². The summed E-state index contributed by atoms with van der Waals surface area (Å²) in [6.45, 7) is 8.24. The van der Waals surface area contributed by atoms with Crippen molar-refractivity contribution in [3.05, 3.63) is 29.8 Å². The van der Waals surface area contributed by atoms with E-state index in [4.69, 9.17) is 10.00 Å². The van der Waals surface area contributed by atoms with Crippen molar-refractivity contribution in [3.63, 3.8) is 0 Å². The minimum atomic E-state index is -0.803. The lowest BCUT2D eigenvalue weighted by Gasteiger charge is -2.38. The fraction of sp³-hybridized carbons (Fsp3) is 0.533. The molecule has 0 unspecified atom stereocenters. The Morgan fingerprint density at radius 3 is 2.26 bits per heavy atom. The summed E-state index contributed by atoms with van der Waals surface area (Å²) in [6, 6.07) is 9.50. The molecule has 0 aliphatic heterocycles.